The van der Waals surface area contributed by atoms with Crippen molar-refractivity contribution < 1.29 is 4.74 Å². The van der Waals surface area contributed by atoms with Crippen LogP contribution in [0.2, 0.25) is 0 Å². The van der Waals surface area contributed by atoms with Crippen LogP contribution in [-0.2, 0) is 4.74 Å². The van der Waals surface area contributed by atoms with Gasteiger partial charge in [0.2, 0.25) is 0 Å². The molecular formula is C12H16INO. The third kappa shape index (κ3) is 3.08. The molecule has 1 heterocycles. The molecule has 1 aliphatic heterocycles. The lowest BCUT2D eigenvalue weighted by Gasteiger charge is -2.25. The van der Waals surface area contributed by atoms with E-state index in [1.54, 1.807) is 0 Å². The van der Waals surface area contributed by atoms with Gasteiger partial charge in [-0.05, 0) is 66.1 Å². The Morgan fingerprint density at radius 3 is 3.00 bits per heavy atom. The predicted molar refractivity (Wildman–Crippen MR) is 71.4 cm³/mol. The van der Waals surface area contributed by atoms with Crippen molar-refractivity contribution in [3.8, 4) is 0 Å². The average molecular weight is 317 g/mol. The molecular weight excluding hydrogens is 301 g/mol. The van der Waals surface area contributed by atoms with Crippen LogP contribution in [0.3, 0.4) is 0 Å². The van der Waals surface area contributed by atoms with Crippen LogP contribution in [0, 0.1) is 10.5 Å². The Bertz CT molecular complexity index is 334. The maximum Gasteiger partial charge on any atom is 0.0667 e. The molecule has 1 aliphatic rings. The molecule has 1 aromatic carbocycles. The smallest absolute Gasteiger partial charge is 0.0667 e. The number of halogens is 1. The van der Waals surface area contributed by atoms with Gasteiger partial charge in [0, 0.05) is 21.9 Å². The molecule has 0 aromatic heterocycles. The van der Waals surface area contributed by atoms with Crippen LogP contribution in [0.25, 0.3) is 0 Å². The monoisotopic (exact) mass is 317 g/mol. The van der Waals surface area contributed by atoms with Crippen molar-refractivity contribution in [2.24, 2.45) is 0 Å². The summed E-state index contributed by atoms with van der Waals surface area (Å²) >= 11 is 2.34. The molecule has 2 rings (SSSR count). The minimum absolute atomic E-state index is 0.484. The van der Waals surface area contributed by atoms with Crippen LogP contribution in [-0.4, -0.2) is 19.3 Å². The number of hydrogen-bond acceptors (Lipinski definition) is 2. The van der Waals surface area contributed by atoms with E-state index in [1.165, 1.54) is 27.7 Å². The average Bonchev–Trinajstić information content (AvgIpc) is 2.24. The van der Waals surface area contributed by atoms with E-state index in [9.17, 15) is 0 Å². The van der Waals surface area contributed by atoms with Crippen molar-refractivity contribution in [1.82, 2.24) is 0 Å². The lowest BCUT2D eigenvalue weighted by molar-refractivity contribution is 0.0876. The molecule has 1 saturated heterocycles. The van der Waals surface area contributed by atoms with Gasteiger partial charge >= 0.3 is 0 Å². The quantitative estimate of drug-likeness (QED) is 0.846. The van der Waals surface area contributed by atoms with E-state index >= 15 is 0 Å². The molecule has 1 unspecified atom stereocenters. The lowest BCUT2D eigenvalue weighted by atomic mass is 10.1. The molecule has 1 N–H and O–H groups in total. The van der Waals surface area contributed by atoms with Gasteiger partial charge in [0.15, 0.2) is 0 Å². The molecule has 0 spiro atoms. The van der Waals surface area contributed by atoms with Gasteiger partial charge in [-0.15, -0.1) is 0 Å². The van der Waals surface area contributed by atoms with Gasteiger partial charge in [-0.1, -0.05) is 0 Å². The maximum absolute atomic E-state index is 5.45. The number of nitrogens with one attached hydrogen (secondary N) is 1. The zero-order valence-corrected chi connectivity index (χ0v) is 11.1. The van der Waals surface area contributed by atoms with E-state index in [-0.39, 0.29) is 0 Å². The second kappa shape index (κ2) is 5.16. The highest BCUT2D eigenvalue weighted by Crippen LogP contribution is 2.20. The van der Waals surface area contributed by atoms with Crippen LogP contribution in [0.1, 0.15) is 18.4 Å². The van der Waals surface area contributed by atoms with E-state index in [1.807, 2.05) is 0 Å². The fraction of sp³-hybridized carbons (Fsp3) is 0.500. The van der Waals surface area contributed by atoms with Crippen molar-refractivity contribution >= 4 is 28.3 Å². The maximum atomic E-state index is 5.45. The lowest BCUT2D eigenvalue weighted by Crippen LogP contribution is -2.30. The highest BCUT2D eigenvalue weighted by molar-refractivity contribution is 14.1. The molecule has 1 aromatic rings. The molecule has 0 bridgehead atoms. The number of hydrogen-bond donors (Lipinski definition) is 1. The summed E-state index contributed by atoms with van der Waals surface area (Å²) in [5.74, 6) is 0. The molecule has 1 fully saturated rings. The highest BCUT2D eigenvalue weighted by atomic mass is 127. The van der Waals surface area contributed by atoms with Gasteiger partial charge in [0.1, 0.15) is 0 Å². The third-order valence-electron chi connectivity index (χ3n) is 2.71. The zero-order valence-electron chi connectivity index (χ0n) is 8.92. The molecule has 3 heteroatoms. The summed E-state index contributed by atoms with van der Waals surface area (Å²) < 4.78 is 6.74. The Morgan fingerprint density at radius 1 is 1.47 bits per heavy atom. The zero-order chi connectivity index (χ0) is 10.7. The van der Waals surface area contributed by atoms with E-state index in [2.05, 4.69) is 53.0 Å². The van der Waals surface area contributed by atoms with Crippen LogP contribution in [0.5, 0.6) is 0 Å². The largest absolute Gasteiger partial charge is 0.380 e. The molecule has 0 radical (unpaired) electrons. The van der Waals surface area contributed by atoms with Crippen molar-refractivity contribution in [2.75, 3.05) is 18.5 Å². The van der Waals surface area contributed by atoms with E-state index < -0.39 is 0 Å². The van der Waals surface area contributed by atoms with E-state index in [0.717, 1.165) is 13.2 Å². The topological polar surface area (TPSA) is 21.3 Å². The summed E-state index contributed by atoms with van der Waals surface area (Å²) in [6, 6.07) is 6.98. The number of anilines is 1. The normalized spacial score (nSPS) is 21.3. The van der Waals surface area contributed by atoms with Gasteiger partial charge in [-0.2, -0.15) is 0 Å². The van der Waals surface area contributed by atoms with Crippen molar-refractivity contribution in [2.45, 2.75) is 25.8 Å². The minimum atomic E-state index is 0.484. The first kappa shape index (κ1) is 11.2. The Labute approximate surface area is 105 Å². The van der Waals surface area contributed by atoms with Gasteiger partial charge in [0.05, 0.1) is 6.61 Å². The highest BCUT2D eigenvalue weighted by Gasteiger charge is 2.13. The van der Waals surface area contributed by atoms with Crippen molar-refractivity contribution in [3.63, 3.8) is 0 Å². The Balaban J connectivity index is 2.03. The SMILES string of the molecule is Cc1cc(I)ccc1NC1CCCOC1. The first-order valence-corrected chi connectivity index (χ1v) is 6.44. The van der Waals surface area contributed by atoms with Gasteiger partial charge < -0.3 is 10.1 Å². The molecule has 82 valence electrons. The summed E-state index contributed by atoms with van der Waals surface area (Å²) in [7, 11) is 0. The summed E-state index contributed by atoms with van der Waals surface area (Å²) in [5, 5.41) is 3.55. The summed E-state index contributed by atoms with van der Waals surface area (Å²) in [6.07, 6.45) is 2.38. The first-order valence-electron chi connectivity index (χ1n) is 5.36. The Kier molecular flexibility index (Phi) is 3.86. The van der Waals surface area contributed by atoms with Crippen LogP contribution in [0.15, 0.2) is 18.2 Å². The van der Waals surface area contributed by atoms with E-state index in [0.29, 0.717) is 6.04 Å². The molecule has 0 saturated carbocycles. The first-order chi connectivity index (χ1) is 7.25. The molecule has 0 amide bonds. The number of aryl methyl sites for hydroxylation is 1. The molecule has 1 atom stereocenters. The third-order valence-corrected chi connectivity index (χ3v) is 3.38. The fourth-order valence-corrected chi connectivity index (χ4v) is 2.51. The standard InChI is InChI=1S/C12H16INO/c1-9-7-10(13)4-5-12(9)14-11-3-2-6-15-8-11/h4-5,7,11,14H,2-3,6,8H2,1H3. The van der Waals surface area contributed by atoms with Crippen LogP contribution in [0.4, 0.5) is 5.69 Å². The number of rotatable bonds is 2. The predicted octanol–water partition coefficient (Wildman–Crippen LogP) is 3.19. The summed E-state index contributed by atoms with van der Waals surface area (Å²) in [4.78, 5) is 0. The molecule has 0 aliphatic carbocycles. The summed E-state index contributed by atoms with van der Waals surface area (Å²) in [6.45, 7) is 3.91. The number of benzene rings is 1. The summed E-state index contributed by atoms with van der Waals surface area (Å²) in [5.41, 5.74) is 2.55. The van der Waals surface area contributed by atoms with E-state index in [4.69, 9.17) is 4.74 Å². The fourth-order valence-electron chi connectivity index (χ4n) is 1.86. The van der Waals surface area contributed by atoms with Crippen LogP contribution >= 0.6 is 22.6 Å². The second-order valence-corrected chi connectivity index (χ2v) is 5.26. The van der Waals surface area contributed by atoms with Crippen molar-refractivity contribution in [3.05, 3.63) is 27.3 Å². The Hall–Kier alpha value is -0.290. The minimum Gasteiger partial charge on any atom is -0.380 e. The Morgan fingerprint density at radius 2 is 2.33 bits per heavy atom. The molecule has 15 heavy (non-hydrogen) atoms. The number of ether oxygens (including phenoxy) is 1. The van der Waals surface area contributed by atoms with Crippen molar-refractivity contribution in [1.29, 1.82) is 0 Å². The second-order valence-electron chi connectivity index (χ2n) is 4.02. The molecule has 2 nitrogen and oxygen atoms in total. The van der Waals surface area contributed by atoms with Gasteiger partial charge in [-0.25, -0.2) is 0 Å². The van der Waals surface area contributed by atoms with Crippen LogP contribution < -0.4 is 5.32 Å². The van der Waals surface area contributed by atoms with Gasteiger partial charge in [0.25, 0.3) is 0 Å². The van der Waals surface area contributed by atoms with Gasteiger partial charge in [-0.3, -0.25) is 0 Å².